The highest BCUT2D eigenvalue weighted by molar-refractivity contribution is 5.81. The lowest BCUT2D eigenvalue weighted by atomic mass is 10.0. The number of rotatable bonds is 9. The summed E-state index contributed by atoms with van der Waals surface area (Å²) in [6, 6.07) is 17.5. The second-order valence-corrected chi connectivity index (χ2v) is 9.36. The van der Waals surface area contributed by atoms with Gasteiger partial charge in [0, 0.05) is 23.4 Å². The number of aromatic nitrogens is 3. The minimum Gasteiger partial charge on any atom is -0.466 e. The van der Waals surface area contributed by atoms with Gasteiger partial charge in [0.2, 0.25) is 5.91 Å². The van der Waals surface area contributed by atoms with Crippen LogP contribution in [0.25, 0.3) is 16.8 Å². The van der Waals surface area contributed by atoms with Crippen molar-refractivity contribution in [2.75, 3.05) is 6.61 Å². The average molecular weight is 499 g/mol. The molecule has 0 aliphatic heterocycles. The minimum atomic E-state index is -0.447. The normalized spacial score (nSPS) is 11.9. The average Bonchev–Trinajstić information content (AvgIpc) is 3.20. The summed E-state index contributed by atoms with van der Waals surface area (Å²) in [4.78, 5) is 30.1. The second-order valence-electron chi connectivity index (χ2n) is 9.36. The molecule has 1 amide bonds. The van der Waals surface area contributed by atoms with Crippen LogP contribution < -0.4 is 5.32 Å². The summed E-state index contributed by atoms with van der Waals surface area (Å²) in [5, 5.41) is 7.81. The number of nitrogens with zero attached hydrogens (tertiary/aromatic N) is 3. The van der Waals surface area contributed by atoms with Crippen LogP contribution in [0.4, 0.5) is 0 Å². The van der Waals surface area contributed by atoms with E-state index in [0.717, 1.165) is 50.5 Å². The summed E-state index contributed by atoms with van der Waals surface area (Å²) in [6.45, 7) is 10.1. The molecule has 1 atom stereocenters. The van der Waals surface area contributed by atoms with Gasteiger partial charge in [-0.2, -0.15) is 5.10 Å². The van der Waals surface area contributed by atoms with Crippen molar-refractivity contribution in [3.05, 3.63) is 88.4 Å². The minimum absolute atomic E-state index is 0.0863. The van der Waals surface area contributed by atoms with Gasteiger partial charge in [0.05, 0.1) is 24.8 Å². The molecule has 0 saturated heterocycles. The zero-order valence-corrected chi connectivity index (χ0v) is 22.2. The molecule has 7 heteroatoms. The Morgan fingerprint density at radius 1 is 0.973 bits per heavy atom. The van der Waals surface area contributed by atoms with E-state index >= 15 is 0 Å². The molecule has 0 aliphatic rings. The molecule has 0 spiro atoms. The molecule has 0 bridgehead atoms. The number of hydrogen-bond donors (Lipinski definition) is 1. The molecule has 2 heterocycles. The number of nitrogens with one attached hydrogen (secondary N) is 1. The zero-order chi connectivity index (χ0) is 26.5. The molecule has 0 fully saturated rings. The van der Waals surface area contributed by atoms with Crippen LogP contribution in [0.1, 0.15) is 59.6 Å². The number of aryl methyl sites for hydroxylation is 4. The van der Waals surface area contributed by atoms with Crippen LogP contribution in [-0.2, 0) is 20.7 Å². The Kier molecular flexibility index (Phi) is 8.01. The Hall–Kier alpha value is -4.00. The fourth-order valence-electron chi connectivity index (χ4n) is 4.72. The Morgan fingerprint density at radius 3 is 2.35 bits per heavy atom. The number of hydrogen-bond acceptors (Lipinski definition) is 5. The molecule has 7 nitrogen and oxygen atoms in total. The Morgan fingerprint density at radius 2 is 1.68 bits per heavy atom. The Balaban J connectivity index is 1.53. The van der Waals surface area contributed by atoms with Gasteiger partial charge in [0.15, 0.2) is 5.65 Å². The molecule has 4 rings (SSSR count). The molecule has 0 radical (unpaired) electrons. The van der Waals surface area contributed by atoms with E-state index in [9.17, 15) is 9.59 Å². The third-order valence-electron chi connectivity index (χ3n) is 6.66. The van der Waals surface area contributed by atoms with E-state index in [1.807, 2.05) is 74.7 Å². The van der Waals surface area contributed by atoms with Gasteiger partial charge in [-0.1, -0.05) is 60.2 Å². The van der Waals surface area contributed by atoms with E-state index in [0.29, 0.717) is 13.0 Å². The lowest BCUT2D eigenvalue weighted by molar-refractivity contribution is -0.143. The molecule has 2 aromatic carbocycles. The zero-order valence-electron chi connectivity index (χ0n) is 22.2. The maximum Gasteiger partial charge on any atom is 0.308 e. The number of benzene rings is 2. The number of esters is 1. The molecule has 0 saturated carbocycles. The van der Waals surface area contributed by atoms with E-state index in [-0.39, 0.29) is 24.7 Å². The molecule has 0 aliphatic carbocycles. The van der Waals surface area contributed by atoms with Gasteiger partial charge in [-0.25, -0.2) is 9.50 Å². The van der Waals surface area contributed by atoms with Gasteiger partial charge >= 0.3 is 5.97 Å². The second kappa shape index (κ2) is 11.4. The standard InChI is InChI=1S/C30H34N4O3/c1-6-37-28(36)18-26(23-14-12-19(2)13-15-23)32-27(35)17-16-25-20(3)31-30-29(24-10-8-7-9-11-24)21(4)33-34(30)22(25)5/h7-15,26H,6,16-18H2,1-5H3,(H,32,35). The molecular formula is C30H34N4O3. The van der Waals surface area contributed by atoms with Gasteiger partial charge in [0.1, 0.15) is 0 Å². The summed E-state index contributed by atoms with van der Waals surface area (Å²) < 4.78 is 7.02. The van der Waals surface area contributed by atoms with Crippen molar-refractivity contribution in [2.24, 2.45) is 0 Å². The molecular weight excluding hydrogens is 464 g/mol. The van der Waals surface area contributed by atoms with Gasteiger partial charge in [-0.05, 0) is 57.7 Å². The highest BCUT2D eigenvalue weighted by Gasteiger charge is 2.21. The first-order valence-electron chi connectivity index (χ1n) is 12.7. The van der Waals surface area contributed by atoms with Gasteiger partial charge in [0.25, 0.3) is 0 Å². The number of carbonyl (C=O) groups is 2. The molecule has 192 valence electrons. The summed E-state index contributed by atoms with van der Waals surface area (Å²) >= 11 is 0. The van der Waals surface area contributed by atoms with Crippen LogP contribution in [-0.4, -0.2) is 33.1 Å². The molecule has 4 aromatic rings. The van der Waals surface area contributed by atoms with Crippen molar-refractivity contribution < 1.29 is 14.3 Å². The van der Waals surface area contributed by atoms with Gasteiger partial charge in [-0.3, -0.25) is 9.59 Å². The maximum absolute atomic E-state index is 13.0. The van der Waals surface area contributed by atoms with Crippen molar-refractivity contribution in [1.82, 2.24) is 19.9 Å². The first-order chi connectivity index (χ1) is 17.8. The fraction of sp³-hybridized carbons (Fsp3) is 0.333. The van der Waals surface area contributed by atoms with Crippen LogP contribution >= 0.6 is 0 Å². The van der Waals surface area contributed by atoms with Crippen LogP contribution in [0, 0.1) is 27.7 Å². The first-order valence-corrected chi connectivity index (χ1v) is 12.7. The highest BCUT2D eigenvalue weighted by Crippen LogP contribution is 2.29. The quantitative estimate of drug-likeness (QED) is 0.314. The summed E-state index contributed by atoms with van der Waals surface area (Å²) in [6.07, 6.45) is 0.876. The van der Waals surface area contributed by atoms with Crippen molar-refractivity contribution in [3.8, 4) is 11.1 Å². The van der Waals surface area contributed by atoms with E-state index in [2.05, 4.69) is 17.4 Å². The molecule has 1 unspecified atom stereocenters. The maximum atomic E-state index is 13.0. The van der Waals surface area contributed by atoms with Crippen molar-refractivity contribution in [2.45, 2.75) is 59.9 Å². The SMILES string of the molecule is CCOC(=O)CC(NC(=O)CCc1c(C)nc2c(-c3ccccc3)c(C)nn2c1C)c1ccc(C)cc1. The van der Waals surface area contributed by atoms with Crippen LogP contribution in [0.15, 0.2) is 54.6 Å². The third kappa shape index (κ3) is 5.88. The van der Waals surface area contributed by atoms with Crippen LogP contribution in [0.5, 0.6) is 0 Å². The summed E-state index contributed by atoms with van der Waals surface area (Å²) in [5.74, 6) is -0.464. The topological polar surface area (TPSA) is 85.6 Å². The third-order valence-corrected chi connectivity index (χ3v) is 6.66. The number of ether oxygens (including phenoxy) is 1. The lowest BCUT2D eigenvalue weighted by Gasteiger charge is -2.19. The largest absolute Gasteiger partial charge is 0.466 e. The molecule has 37 heavy (non-hydrogen) atoms. The summed E-state index contributed by atoms with van der Waals surface area (Å²) in [5.41, 5.74) is 8.69. The predicted octanol–water partition coefficient (Wildman–Crippen LogP) is 5.37. The van der Waals surface area contributed by atoms with E-state index in [1.54, 1.807) is 6.92 Å². The van der Waals surface area contributed by atoms with Crippen molar-refractivity contribution in [1.29, 1.82) is 0 Å². The predicted molar refractivity (Wildman–Crippen MR) is 144 cm³/mol. The summed E-state index contributed by atoms with van der Waals surface area (Å²) in [7, 11) is 0. The Bertz CT molecular complexity index is 1410. The fourth-order valence-corrected chi connectivity index (χ4v) is 4.72. The smallest absolute Gasteiger partial charge is 0.308 e. The van der Waals surface area contributed by atoms with Gasteiger partial charge in [-0.15, -0.1) is 0 Å². The lowest BCUT2D eigenvalue weighted by Crippen LogP contribution is -2.31. The number of amides is 1. The van der Waals surface area contributed by atoms with E-state index < -0.39 is 6.04 Å². The van der Waals surface area contributed by atoms with Crippen LogP contribution in [0.2, 0.25) is 0 Å². The van der Waals surface area contributed by atoms with Crippen LogP contribution in [0.3, 0.4) is 0 Å². The monoisotopic (exact) mass is 498 g/mol. The number of fused-ring (bicyclic) bond motifs is 1. The highest BCUT2D eigenvalue weighted by atomic mass is 16.5. The Labute approximate surface area is 217 Å². The van der Waals surface area contributed by atoms with Crippen molar-refractivity contribution in [3.63, 3.8) is 0 Å². The first kappa shape index (κ1) is 26.1. The van der Waals surface area contributed by atoms with Crippen molar-refractivity contribution >= 4 is 17.5 Å². The number of carbonyl (C=O) groups excluding carboxylic acids is 2. The van der Waals surface area contributed by atoms with E-state index in [4.69, 9.17) is 14.8 Å². The molecule has 1 N–H and O–H groups in total. The molecule has 2 aromatic heterocycles. The van der Waals surface area contributed by atoms with Gasteiger partial charge < -0.3 is 10.1 Å². The van der Waals surface area contributed by atoms with E-state index in [1.165, 1.54) is 0 Å².